The molecule has 0 saturated carbocycles. The number of nitriles is 1. The molecule has 1 heterocycles. The number of hydrogen-bond acceptors (Lipinski definition) is 2. The van der Waals surface area contributed by atoms with E-state index in [4.69, 9.17) is 0 Å². The zero-order valence-corrected chi connectivity index (χ0v) is 15.7. The van der Waals surface area contributed by atoms with Crippen LogP contribution in [0.3, 0.4) is 0 Å². The molecule has 0 saturated heterocycles. The Bertz CT molecular complexity index is 996. The highest BCUT2D eigenvalue weighted by Crippen LogP contribution is 2.20. The molecule has 5 heteroatoms. The van der Waals surface area contributed by atoms with Crippen LogP contribution in [0.2, 0.25) is 0 Å². The van der Waals surface area contributed by atoms with E-state index in [1.54, 1.807) is 18.2 Å². The van der Waals surface area contributed by atoms with Crippen LogP contribution in [0.25, 0.3) is 11.8 Å². The maximum Gasteiger partial charge on any atom is 0.266 e. The molecule has 0 radical (unpaired) electrons. The molecule has 0 fully saturated rings. The molecule has 0 bridgehead atoms. The van der Waals surface area contributed by atoms with Crippen LogP contribution in [0.1, 0.15) is 11.4 Å². The van der Waals surface area contributed by atoms with Gasteiger partial charge in [0.05, 0.1) is 0 Å². The first-order valence-electron chi connectivity index (χ1n) is 8.01. The van der Waals surface area contributed by atoms with Crippen molar-refractivity contribution in [3.63, 3.8) is 0 Å². The molecule has 1 amide bonds. The highest BCUT2D eigenvalue weighted by atomic mass is 79.9. The number of carbonyl (C=O) groups is 1. The molecule has 0 unspecified atom stereocenters. The van der Waals surface area contributed by atoms with Gasteiger partial charge in [-0.2, -0.15) is 5.26 Å². The highest BCUT2D eigenvalue weighted by Gasteiger charge is 2.12. The van der Waals surface area contributed by atoms with E-state index in [1.807, 2.05) is 72.2 Å². The second-order valence-corrected chi connectivity index (χ2v) is 6.62. The number of anilines is 1. The van der Waals surface area contributed by atoms with Crippen molar-refractivity contribution in [2.75, 3.05) is 5.32 Å². The molecule has 26 heavy (non-hydrogen) atoms. The summed E-state index contributed by atoms with van der Waals surface area (Å²) in [5.74, 6) is -0.437. The quantitative estimate of drug-likeness (QED) is 0.485. The molecule has 4 nitrogen and oxygen atoms in total. The molecular formula is C21H16BrN3O. The van der Waals surface area contributed by atoms with E-state index in [0.29, 0.717) is 5.69 Å². The van der Waals surface area contributed by atoms with E-state index in [1.165, 1.54) is 0 Å². The zero-order chi connectivity index (χ0) is 18.5. The summed E-state index contributed by atoms with van der Waals surface area (Å²) in [6.07, 6.45) is 1.61. The molecule has 1 N–H and O–H groups in total. The zero-order valence-electron chi connectivity index (χ0n) is 14.1. The van der Waals surface area contributed by atoms with Crippen LogP contribution in [0.5, 0.6) is 0 Å². The fraction of sp³-hybridized carbons (Fsp3) is 0.0476. The Morgan fingerprint density at radius 1 is 1.08 bits per heavy atom. The SMILES string of the molecule is Cc1ccc(/C=C(/C#N)C(=O)Nc2ccc(Br)cc2)n1-c1ccccc1. The van der Waals surface area contributed by atoms with Gasteiger partial charge in [0.2, 0.25) is 0 Å². The standard InChI is InChI=1S/C21H16BrN3O/c1-15-7-12-20(25(15)19-5-3-2-4-6-19)13-16(14-23)21(26)24-18-10-8-17(22)9-11-18/h2-13H,1H3,(H,24,26)/b16-13-. The summed E-state index contributed by atoms with van der Waals surface area (Å²) < 4.78 is 2.92. The Morgan fingerprint density at radius 2 is 1.77 bits per heavy atom. The number of nitrogens with zero attached hydrogens (tertiary/aromatic N) is 2. The molecule has 0 spiro atoms. The van der Waals surface area contributed by atoms with Gasteiger partial charge >= 0.3 is 0 Å². The van der Waals surface area contributed by atoms with Gasteiger partial charge in [0.15, 0.2) is 0 Å². The van der Waals surface area contributed by atoms with Crippen molar-refractivity contribution in [2.24, 2.45) is 0 Å². The summed E-state index contributed by atoms with van der Waals surface area (Å²) in [4.78, 5) is 12.5. The molecule has 128 valence electrons. The summed E-state index contributed by atoms with van der Waals surface area (Å²) in [5.41, 5.74) is 3.45. The highest BCUT2D eigenvalue weighted by molar-refractivity contribution is 9.10. The van der Waals surface area contributed by atoms with Crippen molar-refractivity contribution in [1.29, 1.82) is 5.26 Å². The molecule has 0 aliphatic rings. The fourth-order valence-electron chi connectivity index (χ4n) is 2.63. The van der Waals surface area contributed by atoms with Crippen LogP contribution in [0.4, 0.5) is 5.69 Å². The number of benzene rings is 2. The summed E-state index contributed by atoms with van der Waals surface area (Å²) in [6.45, 7) is 1.98. The van der Waals surface area contributed by atoms with Crippen LogP contribution >= 0.6 is 15.9 Å². The number of rotatable bonds is 4. The predicted molar refractivity (Wildman–Crippen MR) is 107 cm³/mol. The van der Waals surface area contributed by atoms with E-state index < -0.39 is 5.91 Å². The maximum atomic E-state index is 12.5. The Labute approximate surface area is 160 Å². The normalized spacial score (nSPS) is 11.0. The number of hydrogen-bond donors (Lipinski definition) is 1. The van der Waals surface area contributed by atoms with E-state index in [2.05, 4.69) is 21.2 Å². The maximum absolute atomic E-state index is 12.5. The fourth-order valence-corrected chi connectivity index (χ4v) is 2.89. The van der Waals surface area contributed by atoms with Gasteiger partial charge in [-0.15, -0.1) is 0 Å². The largest absolute Gasteiger partial charge is 0.321 e. The average Bonchev–Trinajstić information content (AvgIpc) is 3.02. The van der Waals surface area contributed by atoms with E-state index >= 15 is 0 Å². The Balaban J connectivity index is 1.92. The van der Waals surface area contributed by atoms with Gasteiger partial charge in [0, 0.05) is 27.2 Å². The molecule has 3 rings (SSSR count). The number of carbonyl (C=O) groups excluding carboxylic acids is 1. The minimum Gasteiger partial charge on any atom is -0.321 e. The van der Waals surface area contributed by atoms with Gasteiger partial charge in [-0.05, 0) is 61.5 Å². The predicted octanol–water partition coefficient (Wildman–Crippen LogP) is 5.09. The summed E-state index contributed by atoms with van der Waals surface area (Å²) >= 11 is 3.35. The third-order valence-electron chi connectivity index (χ3n) is 3.88. The third-order valence-corrected chi connectivity index (χ3v) is 4.41. The Morgan fingerprint density at radius 3 is 2.42 bits per heavy atom. The Hall–Kier alpha value is -3.10. The lowest BCUT2D eigenvalue weighted by Crippen LogP contribution is -2.13. The monoisotopic (exact) mass is 405 g/mol. The summed E-state index contributed by atoms with van der Waals surface area (Å²) in [5, 5.41) is 12.2. The average molecular weight is 406 g/mol. The molecule has 2 aromatic carbocycles. The number of aromatic nitrogens is 1. The lowest BCUT2D eigenvalue weighted by atomic mass is 10.2. The molecule has 0 aliphatic carbocycles. The van der Waals surface area contributed by atoms with Gasteiger partial charge in [-0.1, -0.05) is 34.1 Å². The van der Waals surface area contributed by atoms with Gasteiger partial charge in [-0.25, -0.2) is 0 Å². The number of halogens is 1. The van der Waals surface area contributed by atoms with Crippen LogP contribution in [-0.2, 0) is 4.79 Å². The second kappa shape index (κ2) is 7.85. The van der Waals surface area contributed by atoms with E-state index in [0.717, 1.165) is 21.5 Å². The molecule has 0 aliphatic heterocycles. The minimum absolute atomic E-state index is 0.0446. The number of nitrogens with one attached hydrogen (secondary N) is 1. The van der Waals surface area contributed by atoms with Gasteiger partial charge in [0.25, 0.3) is 5.91 Å². The number of amides is 1. The van der Waals surface area contributed by atoms with Crippen LogP contribution in [0, 0.1) is 18.3 Å². The lowest BCUT2D eigenvalue weighted by molar-refractivity contribution is -0.112. The van der Waals surface area contributed by atoms with Crippen molar-refractivity contribution >= 4 is 33.6 Å². The number of aryl methyl sites for hydroxylation is 1. The molecule has 3 aromatic rings. The third kappa shape index (κ3) is 3.93. The van der Waals surface area contributed by atoms with Gasteiger partial charge < -0.3 is 9.88 Å². The first-order valence-corrected chi connectivity index (χ1v) is 8.80. The topological polar surface area (TPSA) is 57.8 Å². The molecular weight excluding hydrogens is 390 g/mol. The van der Waals surface area contributed by atoms with Crippen LogP contribution in [-0.4, -0.2) is 10.5 Å². The van der Waals surface area contributed by atoms with Gasteiger partial charge in [-0.3, -0.25) is 4.79 Å². The smallest absolute Gasteiger partial charge is 0.266 e. The minimum atomic E-state index is -0.437. The second-order valence-electron chi connectivity index (χ2n) is 5.70. The van der Waals surface area contributed by atoms with Crippen molar-refractivity contribution in [3.8, 4) is 11.8 Å². The van der Waals surface area contributed by atoms with Crippen LogP contribution in [0.15, 0.2) is 76.8 Å². The summed E-state index contributed by atoms with van der Waals surface area (Å²) in [7, 11) is 0. The molecule has 1 aromatic heterocycles. The first-order chi connectivity index (χ1) is 12.6. The van der Waals surface area contributed by atoms with E-state index in [-0.39, 0.29) is 5.57 Å². The van der Waals surface area contributed by atoms with Crippen LogP contribution < -0.4 is 5.32 Å². The number of para-hydroxylation sites is 1. The first kappa shape index (κ1) is 17.7. The van der Waals surface area contributed by atoms with Crippen molar-refractivity contribution in [3.05, 3.63) is 88.2 Å². The Kier molecular flexibility index (Phi) is 5.35. The summed E-state index contributed by atoms with van der Waals surface area (Å²) in [6, 6.07) is 22.9. The van der Waals surface area contributed by atoms with Crippen molar-refractivity contribution < 1.29 is 4.79 Å². The van der Waals surface area contributed by atoms with Crippen molar-refractivity contribution in [1.82, 2.24) is 4.57 Å². The van der Waals surface area contributed by atoms with E-state index in [9.17, 15) is 10.1 Å². The molecule has 0 atom stereocenters. The van der Waals surface area contributed by atoms with Crippen molar-refractivity contribution in [2.45, 2.75) is 6.92 Å². The van der Waals surface area contributed by atoms with Gasteiger partial charge in [0.1, 0.15) is 11.6 Å². The lowest BCUT2D eigenvalue weighted by Gasteiger charge is -2.10.